The van der Waals surface area contributed by atoms with Crippen molar-refractivity contribution in [2.24, 2.45) is 0 Å². The standard InChI is InChI=1S/C18H16FN5O/c1-23(2)12-16(17(25)13-6-4-3-5-7-13)18-20-21-22-24(18)15-10-8-14(19)9-11-15/h3-12H,1-2H3/b16-12+. The number of ketones is 1. The molecule has 0 spiro atoms. The molecule has 0 bridgehead atoms. The highest BCUT2D eigenvalue weighted by Gasteiger charge is 2.21. The average molecular weight is 337 g/mol. The molecule has 7 heteroatoms. The van der Waals surface area contributed by atoms with Crippen molar-refractivity contribution >= 4 is 11.4 Å². The number of nitrogens with zero attached hydrogens (tertiary/aromatic N) is 5. The van der Waals surface area contributed by atoms with Gasteiger partial charge in [-0.2, -0.15) is 4.68 Å². The molecule has 3 rings (SSSR count). The van der Waals surface area contributed by atoms with E-state index in [1.165, 1.54) is 16.8 Å². The number of carbonyl (C=O) groups excluding carboxylic acids is 1. The number of hydrogen-bond acceptors (Lipinski definition) is 5. The van der Waals surface area contributed by atoms with Gasteiger partial charge in [0, 0.05) is 25.9 Å². The van der Waals surface area contributed by atoms with Gasteiger partial charge in [-0.15, -0.1) is 5.10 Å². The molecule has 0 atom stereocenters. The first-order valence-corrected chi connectivity index (χ1v) is 7.59. The van der Waals surface area contributed by atoms with Crippen molar-refractivity contribution in [3.8, 4) is 5.69 Å². The van der Waals surface area contributed by atoms with E-state index >= 15 is 0 Å². The van der Waals surface area contributed by atoms with Crippen LogP contribution in [-0.2, 0) is 0 Å². The Morgan fingerprint density at radius 2 is 1.76 bits per heavy atom. The molecular weight excluding hydrogens is 321 g/mol. The van der Waals surface area contributed by atoms with Gasteiger partial charge in [-0.25, -0.2) is 4.39 Å². The minimum Gasteiger partial charge on any atom is -0.383 e. The van der Waals surface area contributed by atoms with Crippen LogP contribution in [0.5, 0.6) is 0 Å². The number of carbonyl (C=O) groups is 1. The zero-order valence-corrected chi connectivity index (χ0v) is 13.8. The zero-order valence-electron chi connectivity index (χ0n) is 13.8. The van der Waals surface area contributed by atoms with Gasteiger partial charge in [0.25, 0.3) is 0 Å². The molecule has 126 valence electrons. The van der Waals surface area contributed by atoms with E-state index in [-0.39, 0.29) is 17.4 Å². The Bertz CT molecular complexity index is 901. The molecule has 1 heterocycles. The van der Waals surface area contributed by atoms with E-state index in [2.05, 4.69) is 15.5 Å². The molecule has 3 aromatic rings. The first kappa shape index (κ1) is 16.5. The molecular formula is C18H16FN5O. The van der Waals surface area contributed by atoms with Gasteiger partial charge in [-0.05, 0) is 34.7 Å². The van der Waals surface area contributed by atoms with Crippen molar-refractivity contribution in [3.63, 3.8) is 0 Å². The SMILES string of the molecule is CN(C)/C=C(\C(=O)c1ccccc1)c1nnnn1-c1ccc(F)cc1. The lowest BCUT2D eigenvalue weighted by atomic mass is 10.0. The number of aromatic nitrogens is 4. The Balaban J connectivity index is 2.09. The molecule has 1 aromatic heterocycles. The summed E-state index contributed by atoms with van der Waals surface area (Å²) in [6.45, 7) is 0. The lowest BCUT2D eigenvalue weighted by molar-refractivity contribution is 0.105. The van der Waals surface area contributed by atoms with Gasteiger partial charge >= 0.3 is 0 Å². The van der Waals surface area contributed by atoms with Gasteiger partial charge in [0.15, 0.2) is 11.6 Å². The Labute approximate surface area is 144 Å². The summed E-state index contributed by atoms with van der Waals surface area (Å²) in [6, 6.07) is 14.6. The third-order valence-electron chi connectivity index (χ3n) is 3.45. The molecule has 0 fully saturated rings. The third kappa shape index (κ3) is 3.60. The fraction of sp³-hybridized carbons (Fsp3) is 0.111. The van der Waals surface area contributed by atoms with Crippen LogP contribution in [-0.4, -0.2) is 45.0 Å². The van der Waals surface area contributed by atoms with Crippen LogP contribution in [0.2, 0.25) is 0 Å². The van der Waals surface area contributed by atoms with E-state index in [1.54, 1.807) is 47.5 Å². The highest BCUT2D eigenvalue weighted by atomic mass is 19.1. The normalized spacial score (nSPS) is 11.4. The van der Waals surface area contributed by atoms with Crippen LogP contribution in [0.3, 0.4) is 0 Å². The monoisotopic (exact) mass is 337 g/mol. The summed E-state index contributed by atoms with van der Waals surface area (Å²) >= 11 is 0. The van der Waals surface area contributed by atoms with Crippen LogP contribution < -0.4 is 0 Å². The molecule has 0 saturated heterocycles. The molecule has 6 nitrogen and oxygen atoms in total. The summed E-state index contributed by atoms with van der Waals surface area (Å²) in [5.41, 5.74) is 1.43. The lowest BCUT2D eigenvalue weighted by Crippen LogP contribution is -2.13. The minimum absolute atomic E-state index is 0.201. The maximum atomic E-state index is 13.2. The second-order valence-corrected chi connectivity index (χ2v) is 5.59. The van der Waals surface area contributed by atoms with E-state index in [4.69, 9.17) is 0 Å². The summed E-state index contributed by atoms with van der Waals surface area (Å²) in [6.07, 6.45) is 1.67. The zero-order chi connectivity index (χ0) is 17.8. The van der Waals surface area contributed by atoms with E-state index in [1.807, 2.05) is 20.2 Å². The van der Waals surface area contributed by atoms with E-state index in [0.29, 0.717) is 16.8 Å². The van der Waals surface area contributed by atoms with Gasteiger partial charge in [0.05, 0.1) is 11.3 Å². The number of Topliss-reactive ketones (excluding diaryl/α,β-unsaturated/α-hetero) is 1. The highest BCUT2D eigenvalue weighted by molar-refractivity contribution is 6.28. The molecule has 0 unspecified atom stereocenters. The van der Waals surface area contributed by atoms with Crippen LogP contribution in [0.15, 0.2) is 60.8 Å². The largest absolute Gasteiger partial charge is 0.383 e. The van der Waals surface area contributed by atoms with Crippen molar-refractivity contribution < 1.29 is 9.18 Å². The molecule has 2 aromatic carbocycles. The molecule has 0 saturated carbocycles. The predicted molar refractivity (Wildman–Crippen MR) is 91.5 cm³/mol. The maximum absolute atomic E-state index is 13.2. The van der Waals surface area contributed by atoms with Crippen LogP contribution in [0.4, 0.5) is 4.39 Å². The van der Waals surface area contributed by atoms with Gasteiger partial charge < -0.3 is 4.90 Å². The van der Waals surface area contributed by atoms with Crippen LogP contribution in [0.25, 0.3) is 11.3 Å². The quantitative estimate of drug-likeness (QED) is 0.529. The van der Waals surface area contributed by atoms with Gasteiger partial charge in [0.2, 0.25) is 0 Å². The van der Waals surface area contributed by atoms with Crippen molar-refractivity contribution in [3.05, 3.63) is 78.0 Å². The second kappa shape index (κ2) is 7.04. The summed E-state index contributed by atoms with van der Waals surface area (Å²) in [5.74, 6) is -0.274. The predicted octanol–water partition coefficient (Wildman–Crippen LogP) is 2.59. The second-order valence-electron chi connectivity index (χ2n) is 5.59. The van der Waals surface area contributed by atoms with Crippen molar-refractivity contribution in [2.75, 3.05) is 14.1 Å². The topological polar surface area (TPSA) is 63.9 Å². The smallest absolute Gasteiger partial charge is 0.198 e. The molecule has 0 aliphatic rings. The van der Waals surface area contributed by atoms with Gasteiger partial charge in [-0.1, -0.05) is 30.3 Å². The Morgan fingerprint density at radius 3 is 2.40 bits per heavy atom. The van der Waals surface area contributed by atoms with Crippen LogP contribution in [0, 0.1) is 5.82 Å². The first-order valence-electron chi connectivity index (χ1n) is 7.59. The molecule has 0 amide bonds. The number of halogens is 1. The number of tetrazole rings is 1. The van der Waals surface area contributed by atoms with Crippen molar-refractivity contribution in [1.29, 1.82) is 0 Å². The summed E-state index contributed by atoms with van der Waals surface area (Å²) in [4.78, 5) is 14.7. The van der Waals surface area contributed by atoms with Crippen LogP contribution >= 0.6 is 0 Å². The Morgan fingerprint density at radius 1 is 1.08 bits per heavy atom. The summed E-state index contributed by atoms with van der Waals surface area (Å²) < 4.78 is 14.6. The fourth-order valence-electron chi connectivity index (χ4n) is 2.33. The van der Waals surface area contributed by atoms with Crippen molar-refractivity contribution in [1.82, 2.24) is 25.1 Å². The third-order valence-corrected chi connectivity index (χ3v) is 3.45. The molecule has 0 radical (unpaired) electrons. The number of rotatable bonds is 5. The molecule has 25 heavy (non-hydrogen) atoms. The van der Waals surface area contributed by atoms with Crippen molar-refractivity contribution in [2.45, 2.75) is 0 Å². The Hall–Kier alpha value is -3.35. The van der Waals surface area contributed by atoms with Gasteiger partial charge in [-0.3, -0.25) is 4.79 Å². The summed E-state index contributed by atoms with van der Waals surface area (Å²) in [5, 5.41) is 11.6. The maximum Gasteiger partial charge on any atom is 0.198 e. The van der Waals surface area contributed by atoms with Crippen LogP contribution in [0.1, 0.15) is 16.2 Å². The Kier molecular flexibility index (Phi) is 4.65. The fourth-order valence-corrected chi connectivity index (χ4v) is 2.33. The average Bonchev–Trinajstić information content (AvgIpc) is 3.10. The lowest BCUT2D eigenvalue weighted by Gasteiger charge is -2.11. The molecule has 0 aliphatic carbocycles. The van der Waals surface area contributed by atoms with Gasteiger partial charge in [0.1, 0.15) is 5.82 Å². The number of hydrogen-bond donors (Lipinski definition) is 0. The molecule has 0 N–H and O–H groups in total. The summed E-state index contributed by atoms with van der Waals surface area (Å²) in [7, 11) is 3.62. The number of allylic oxidation sites excluding steroid dienone is 1. The van der Waals surface area contributed by atoms with E-state index < -0.39 is 0 Å². The highest BCUT2D eigenvalue weighted by Crippen LogP contribution is 2.20. The minimum atomic E-state index is -0.359. The number of benzene rings is 2. The van der Waals surface area contributed by atoms with E-state index in [9.17, 15) is 9.18 Å². The molecule has 0 aliphatic heterocycles. The van der Waals surface area contributed by atoms with E-state index in [0.717, 1.165) is 0 Å². The first-order chi connectivity index (χ1) is 12.1.